The standard InChI is InChI=1S/C21H40/c1-3-5-7-9-11-13-15-17-19-21-20-18-16-14-12-10-8-6-4-2/h9,11H,1-8,10,12-21H2/b11-9+. The lowest BCUT2D eigenvalue weighted by Crippen LogP contribution is -1.82. The average molecular weight is 293 g/mol. The first-order chi connectivity index (χ1) is 10.4. The Hall–Kier alpha value is -0.260. The molecule has 0 fully saturated rings. The van der Waals surface area contributed by atoms with Gasteiger partial charge < -0.3 is 0 Å². The number of unbranched alkanes of at least 4 members (excludes halogenated alkanes) is 15. The third-order valence-electron chi connectivity index (χ3n) is 4.16. The SMILES string of the molecule is [CH2]CCC/C=C/CCCCCCCCCCCCCC[CH2]. The van der Waals surface area contributed by atoms with Gasteiger partial charge in [0.1, 0.15) is 0 Å². The number of hydrogen-bond acceptors (Lipinski definition) is 0. The highest BCUT2D eigenvalue weighted by Gasteiger charge is 1.93. The topological polar surface area (TPSA) is 0 Å². The highest BCUT2D eigenvalue weighted by atomic mass is 14.0. The van der Waals surface area contributed by atoms with Crippen molar-refractivity contribution in [2.75, 3.05) is 0 Å². The Morgan fingerprint density at radius 2 is 0.714 bits per heavy atom. The normalized spacial score (nSPS) is 11.5. The predicted octanol–water partition coefficient (Wildman–Crippen LogP) is 7.84. The fourth-order valence-electron chi connectivity index (χ4n) is 2.70. The molecule has 0 saturated heterocycles. The maximum atomic E-state index is 3.89. The van der Waals surface area contributed by atoms with Crippen LogP contribution in [0.1, 0.15) is 109 Å². The van der Waals surface area contributed by atoms with E-state index in [-0.39, 0.29) is 0 Å². The van der Waals surface area contributed by atoms with Crippen LogP contribution in [0.15, 0.2) is 12.2 Å². The third-order valence-corrected chi connectivity index (χ3v) is 4.16. The maximum Gasteiger partial charge on any atom is -0.0351 e. The lowest BCUT2D eigenvalue weighted by Gasteiger charge is -2.02. The molecule has 21 heavy (non-hydrogen) atoms. The van der Waals surface area contributed by atoms with Crippen LogP contribution in [0.4, 0.5) is 0 Å². The zero-order valence-corrected chi connectivity index (χ0v) is 14.6. The minimum atomic E-state index is 1.07. The first kappa shape index (κ1) is 20.7. The summed E-state index contributed by atoms with van der Waals surface area (Å²) in [5, 5.41) is 0. The molecular weight excluding hydrogens is 252 g/mol. The molecule has 0 heteroatoms. The molecule has 0 aromatic carbocycles. The number of allylic oxidation sites excluding steroid dienone is 2. The van der Waals surface area contributed by atoms with Gasteiger partial charge in [-0.15, -0.1) is 0 Å². The van der Waals surface area contributed by atoms with Gasteiger partial charge in [-0.1, -0.05) is 109 Å². The molecule has 0 amide bonds. The van der Waals surface area contributed by atoms with E-state index in [0.29, 0.717) is 0 Å². The van der Waals surface area contributed by atoms with Gasteiger partial charge in [-0.2, -0.15) is 0 Å². The van der Waals surface area contributed by atoms with Crippen molar-refractivity contribution in [2.45, 2.75) is 109 Å². The lowest BCUT2D eigenvalue weighted by atomic mass is 10.0. The zero-order valence-electron chi connectivity index (χ0n) is 14.6. The van der Waals surface area contributed by atoms with Gasteiger partial charge in [0.15, 0.2) is 0 Å². The summed E-state index contributed by atoms with van der Waals surface area (Å²) in [6.45, 7) is 7.75. The van der Waals surface area contributed by atoms with Crippen LogP contribution in [0.25, 0.3) is 0 Å². The molecule has 0 nitrogen and oxygen atoms in total. The molecule has 0 N–H and O–H groups in total. The predicted molar refractivity (Wildman–Crippen MR) is 98.3 cm³/mol. The van der Waals surface area contributed by atoms with E-state index in [4.69, 9.17) is 0 Å². The second-order valence-electron chi connectivity index (χ2n) is 6.35. The van der Waals surface area contributed by atoms with Gasteiger partial charge in [0.05, 0.1) is 0 Å². The van der Waals surface area contributed by atoms with Gasteiger partial charge in [-0.3, -0.25) is 0 Å². The monoisotopic (exact) mass is 292 g/mol. The first-order valence-electron chi connectivity index (χ1n) is 9.65. The van der Waals surface area contributed by atoms with Crippen molar-refractivity contribution in [1.82, 2.24) is 0 Å². The lowest BCUT2D eigenvalue weighted by molar-refractivity contribution is 0.542. The van der Waals surface area contributed by atoms with Crippen molar-refractivity contribution < 1.29 is 0 Å². The molecule has 0 saturated carbocycles. The second kappa shape index (κ2) is 19.7. The molecule has 0 spiro atoms. The molecular formula is C21H40. The second-order valence-corrected chi connectivity index (χ2v) is 6.35. The fourth-order valence-corrected chi connectivity index (χ4v) is 2.70. The van der Waals surface area contributed by atoms with E-state index in [1.54, 1.807) is 0 Å². The molecule has 0 aromatic rings. The van der Waals surface area contributed by atoms with Gasteiger partial charge in [0.2, 0.25) is 0 Å². The van der Waals surface area contributed by atoms with Crippen LogP contribution in [0.2, 0.25) is 0 Å². The van der Waals surface area contributed by atoms with E-state index in [2.05, 4.69) is 26.0 Å². The number of rotatable bonds is 17. The van der Waals surface area contributed by atoms with Gasteiger partial charge in [-0.05, 0) is 25.7 Å². The molecule has 124 valence electrons. The Labute approximate surface area is 135 Å². The maximum absolute atomic E-state index is 3.89. The van der Waals surface area contributed by atoms with Crippen LogP contribution in [-0.2, 0) is 0 Å². The zero-order chi connectivity index (χ0) is 15.4. The van der Waals surface area contributed by atoms with Gasteiger partial charge in [-0.25, -0.2) is 0 Å². The van der Waals surface area contributed by atoms with Crippen molar-refractivity contribution in [3.63, 3.8) is 0 Å². The molecule has 0 aliphatic heterocycles. The quantitative estimate of drug-likeness (QED) is 0.189. The van der Waals surface area contributed by atoms with Crippen LogP contribution in [0.3, 0.4) is 0 Å². The van der Waals surface area contributed by atoms with Crippen molar-refractivity contribution in [2.24, 2.45) is 0 Å². The van der Waals surface area contributed by atoms with Crippen molar-refractivity contribution >= 4 is 0 Å². The first-order valence-corrected chi connectivity index (χ1v) is 9.65. The molecule has 0 bridgehead atoms. The molecule has 0 unspecified atom stereocenters. The molecule has 0 aliphatic rings. The van der Waals surface area contributed by atoms with Crippen LogP contribution in [-0.4, -0.2) is 0 Å². The van der Waals surface area contributed by atoms with E-state index >= 15 is 0 Å². The fraction of sp³-hybridized carbons (Fsp3) is 0.810. The van der Waals surface area contributed by atoms with Gasteiger partial charge >= 0.3 is 0 Å². The largest absolute Gasteiger partial charge is 0.0885 e. The van der Waals surface area contributed by atoms with E-state index in [9.17, 15) is 0 Å². The van der Waals surface area contributed by atoms with Crippen LogP contribution < -0.4 is 0 Å². The van der Waals surface area contributed by atoms with Crippen LogP contribution in [0, 0.1) is 13.8 Å². The summed E-state index contributed by atoms with van der Waals surface area (Å²) in [5.41, 5.74) is 0. The molecule has 0 atom stereocenters. The summed E-state index contributed by atoms with van der Waals surface area (Å²) in [7, 11) is 0. The highest BCUT2D eigenvalue weighted by molar-refractivity contribution is 4.81. The third kappa shape index (κ3) is 19.7. The summed E-state index contributed by atoms with van der Waals surface area (Å²) >= 11 is 0. The molecule has 0 aliphatic carbocycles. The minimum absolute atomic E-state index is 1.07. The summed E-state index contributed by atoms with van der Waals surface area (Å²) in [4.78, 5) is 0. The average Bonchev–Trinajstić information content (AvgIpc) is 2.50. The van der Waals surface area contributed by atoms with Gasteiger partial charge in [0, 0.05) is 0 Å². The Balaban J connectivity index is 2.98. The summed E-state index contributed by atoms with van der Waals surface area (Å²) in [6, 6.07) is 0. The summed E-state index contributed by atoms with van der Waals surface area (Å²) in [5.74, 6) is 0. The number of hydrogen-bond donors (Lipinski definition) is 0. The Morgan fingerprint density at radius 3 is 1.14 bits per heavy atom. The molecule has 0 rings (SSSR count). The van der Waals surface area contributed by atoms with Crippen molar-refractivity contribution in [1.29, 1.82) is 0 Å². The van der Waals surface area contributed by atoms with E-state index in [0.717, 1.165) is 12.8 Å². The Bertz CT molecular complexity index is 192. The summed E-state index contributed by atoms with van der Waals surface area (Å²) in [6.07, 6.45) is 27.7. The van der Waals surface area contributed by atoms with E-state index in [1.165, 1.54) is 96.3 Å². The van der Waals surface area contributed by atoms with Gasteiger partial charge in [0.25, 0.3) is 0 Å². The highest BCUT2D eigenvalue weighted by Crippen LogP contribution is 2.13. The Morgan fingerprint density at radius 1 is 0.381 bits per heavy atom. The van der Waals surface area contributed by atoms with Crippen molar-refractivity contribution in [3.05, 3.63) is 26.0 Å². The molecule has 0 aromatic heterocycles. The van der Waals surface area contributed by atoms with E-state index in [1.807, 2.05) is 0 Å². The molecule has 2 radical (unpaired) electrons. The van der Waals surface area contributed by atoms with Crippen LogP contribution in [0.5, 0.6) is 0 Å². The summed E-state index contributed by atoms with van der Waals surface area (Å²) < 4.78 is 0. The smallest absolute Gasteiger partial charge is 0.0351 e. The Kier molecular flexibility index (Phi) is 19.5. The molecule has 0 heterocycles. The van der Waals surface area contributed by atoms with Crippen LogP contribution >= 0.6 is 0 Å². The van der Waals surface area contributed by atoms with Crippen molar-refractivity contribution in [3.8, 4) is 0 Å². The van der Waals surface area contributed by atoms with E-state index < -0.39 is 0 Å². The minimum Gasteiger partial charge on any atom is -0.0885 e.